The number of amides is 1. The summed E-state index contributed by atoms with van der Waals surface area (Å²) in [5.74, 6) is -1.24. The molecule has 0 saturated heterocycles. The fourth-order valence-corrected chi connectivity index (χ4v) is 2.04. The van der Waals surface area contributed by atoms with Crippen LogP contribution in [0.3, 0.4) is 0 Å². The van der Waals surface area contributed by atoms with Crippen LogP contribution < -0.4 is 5.32 Å². The van der Waals surface area contributed by atoms with Gasteiger partial charge in [0, 0.05) is 24.8 Å². The van der Waals surface area contributed by atoms with Crippen LogP contribution in [0.15, 0.2) is 29.2 Å². The maximum Gasteiger partial charge on any atom is 0.303 e. The van der Waals surface area contributed by atoms with Gasteiger partial charge in [0.15, 0.2) is 9.84 Å². The lowest BCUT2D eigenvalue weighted by molar-refractivity contribution is -0.137. The second kappa shape index (κ2) is 6.33. The van der Waals surface area contributed by atoms with Gasteiger partial charge in [0.2, 0.25) is 5.91 Å². The van der Waals surface area contributed by atoms with Crippen LogP contribution in [0, 0.1) is 0 Å². The first-order valence-corrected chi connectivity index (χ1v) is 7.50. The molecule has 0 heterocycles. The first kappa shape index (κ1) is 15.2. The molecule has 2 N–H and O–H groups in total. The lowest BCUT2D eigenvalue weighted by atomic mass is 10.2. The van der Waals surface area contributed by atoms with E-state index in [1.54, 1.807) is 0 Å². The minimum atomic E-state index is -3.25. The summed E-state index contributed by atoms with van der Waals surface area (Å²) in [5.41, 5.74) is 0.479. The van der Waals surface area contributed by atoms with Crippen LogP contribution in [0.4, 0.5) is 5.69 Å². The summed E-state index contributed by atoms with van der Waals surface area (Å²) in [5, 5.41) is 11.0. The van der Waals surface area contributed by atoms with Gasteiger partial charge in [-0.15, -0.1) is 0 Å². The van der Waals surface area contributed by atoms with Crippen LogP contribution in [-0.2, 0) is 19.4 Å². The number of sulfone groups is 1. The van der Waals surface area contributed by atoms with Gasteiger partial charge in [-0.25, -0.2) is 8.42 Å². The van der Waals surface area contributed by atoms with Gasteiger partial charge in [0.1, 0.15) is 0 Å². The van der Waals surface area contributed by atoms with Crippen LogP contribution in [0.5, 0.6) is 0 Å². The number of carbonyl (C=O) groups excluding carboxylic acids is 1. The van der Waals surface area contributed by atoms with Gasteiger partial charge in [-0.3, -0.25) is 9.59 Å². The number of carboxylic acids is 1. The molecule has 0 atom stereocenters. The maximum atomic E-state index is 11.5. The Morgan fingerprint density at radius 3 is 2.21 bits per heavy atom. The van der Waals surface area contributed by atoms with E-state index < -0.39 is 15.8 Å². The molecular weight excluding hydrogens is 270 g/mol. The molecule has 0 fully saturated rings. The van der Waals surface area contributed by atoms with Crippen molar-refractivity contribution in [2.24, 2.45) is 0 Å². The summed E-state index contributed by atoms with van der Waals surface area (Å²) in [4.78, 5) is 21.9. The Balaban J connectivity index is 2.54. The summed E-state index contributed by atoms with van der Waals surface area (Å²) >= 11 is 0. The highest BCUT2D eigenvalue weighted by Gasteiger charge is 2.08. The minimum absolute atomic E-state index is 0.0551. The SMILES string of the molecule is CS(=O)(=O)c1ccc(NC(=O)CCCC(=O)O)cc1. The fourth-order valence-electron chi connectivity index (χ4n) is 1.41. The van der Waals surface area contributed by atoms with Crippen molar-refractivity contribution in [2.45, 2.75) is 24.2 Å². The molecule has 19 heavy (non-hydrogen) atoms. The predicted molar refractivity (Wildman–Crippen MR) is 69.7 cm³/mol. The molecule has 104 valence electrons. The van der Waals surface area contributed by atoms with Crippen molar-refractivity contribution in [2.75, 3.05) is 11.6 Å². The van der Waals surface area contributed by atoms with Crippen molar-refractivity contribution in [3.8, 4) is 0 Å². The third-order valence-electron chi connectivity index (χ3n) is 2.36. The van der Waals surface area contributed by atoms with E-state index in [1.807, 2.05) is 0 Å². The van der Waals surface area contributed by atoms with E-state index in [9.17, 15) is 18.0 Å². The van der Waals surface area contributed by atoms with Crippen LogP contribution in [-0.4, -0.2) is 31.7 Å². The number of hydrogen-bond acceptors (Lipinski definition) is 4. The smallest absolute Gasteiger partial charge is 0.303 e. The zero-order valence-corrected chi connectivity index (χ0v) is 11.2. The first-order chi connectivity index (χ1) is 8.79. The number of carboxylic acid groups (broad SMARTS) is 1. The molecule has 0 bridgehead atoms. The molecular formula is C12H15NO5S. The highest BCUT2D eigenvalue weighted by atomic mass is 32.2. The lowest BCUT2D eigenvalue weighted by Gasteiger charge is -2.05. The van der Waals surface area contributed by atoms with Gasteiger partial charge in [-0.05, 0) is 30.7 Å². The zero-order valence-electron chi connectivity index (χ0n) is 10.4. The Bertz CT molecular complexity index is 562. The highest BCUT2D eigenvalue weighted by Crippen LogP contribution is 2.14. The zero-order chi connectivity index (χ0) is 14.5. The second-order valence-electron chi connectivity index (χ2n) is 4.09. The van der Waals surface area contributed by atoms with Crippen molar-refractivity contribution in [3.05, 3.63) is 24.3 Å². The molecule has 0 aliphatic rings. The number of carbonyl (C=O) groups is 2. The maximum absolute atomic E-state index is 11.5. The van der Waals surface area contributed by atoms with Crippen molar-refractivity contribution in [1.82, 2.24) is 0 Å². The van der Waals surface area contributed by atoms with E-state index in [2.05, 4.69) is 5.32 Å². The van der Waals surface area contributed by atoms with Gasteiger partial charge in [-0.2, -0.15) is 0 Å². The van der Waals surface area contributed by atoms with E-state index in [1.165, 1.54) is 24.3 Å². The lowest BCUT2D eigenvalue weighted by Crippen LogP contribution is -2.12. The Morgan fingerprint density at radius 1 is 1.16 bits per heavy atom. The summed E-state index contributed by atoms with van der Waals surface area (Å²) in [6.45, 7) is 0. The fraction of sp³-hybridized carbons (Fsp3) is 0.333. The quantitative estimate of drug-likeness (QED) is 0.820. The van der Waals surface area contributed by atoms with Crippen molar-refractivity contribution < 1.29 is 23.1 Å². The number of hydrogen-bond donors (Lipinski definition) is 2. The molecule has 6 nitrogen and oxygen atoms in total. The Kier molecular flexibility index (Phi) is 5.05. The van der Waals surface area contributed by atoms with Crippen LogP contribution in [0.25, 0.3) is 0 Å². The monoisotopic (exact) mass is 285 g/mol. The van der Waals surface area contributed by atoms with E-state index in [0.717, 1.165) is 6.26 Å². The van der Waals surface area contributed by atoms with E-state index >= 15 is 0 Å². The third kappa shape index (κ3) is 5.52. The highest BCUT2D eigenvalue weighted by molar-refractivity contribution is 7.90. The minimum Gasteiger partial charge on any atom is -0.481 e. The summed E-state index contributed by atoms with van der Waals surface area (Å²) < 4.78 is 22.5. The van der Waals surface area contributed by atoms with Gasteiger partial charge < -0.3 is 10.4 Å². The molecule has 7 heteroatoms. The number of rotatable bonds is 6. The molecule has 0 aliphatic carbocycles. The number of benzene rings is 1. The van der Waals surface area contributed by atoms with Crippen molar-refractivity contribution >= 4 is 27.4 Å². The first-order valence-electron chi connectivity index (χ1n) is 5.61. The van der Waals surface area contributed by atoms with Gasteiger partial charge in [0.05, 0.1) is 4.90 Å². The van der Waals surface area contributed by atoms with Crippen LogP contribution in [0.1, 0.15) is 19.3 Å². The molecule has 1 aromatic rings. The molecule has 0 radical (unpaired) electrons. The molecule has 0 saturated carbocycles. The second-order valence-corrected chi connectivity index (χ2v) is 6.11. The standard InChI is InChI=1S/C12H15NO5S/c1-19(17,18)10-7-5-9(6-8-10)13-11(14)3-2-4-12(15)16/h5-8H,2-4H2,1H3,(H,13,14)(H,15,16). The van der Waals surface area contributed by atoms with E-state index in [4.69, 9.17) is 5.11 Å². The summed E-state index contributed by atoms with van der Waals surface area (Å²) in [7, 11) is -3.25. The largest absolute Gasteiger partial charge is 0.481 e. The predicted octanol–water partition coefficient (Wildman–Crippen LogP) is 1.28. The van der Waals surface area contributed by atoms with Crippen LogP contribution in [0.2, 0.25) is 0 Å². The number of aliphatic carboxylic acids is 1. The average molecular weight is 285 g/mol. The van der Waals surface area contributed by atoms with Gasteiger partial charge >= 0.3 is 5.97 Å². The molecule has 0 aliphatic heterocycles. The molecule has 0 spiro atoms. The van der Waals surface area contributed by atoms with Crippen molar-refractivity contribution in [1.29, 1.82) is 0 Å². The Labute approximate surface area is 111 Å². The molecule has 0 aromatic heterocycles. The topological polar surface area (TPSA) is 101 Å². The summed E-state index contributed by atoms with van der Waals surface area (Å²) in [6.07, 6.45) is 1.43. The average Bonchev–Trinajstić information content (AvgIpc) is 2.27. The van der Waals surface area contributed by atoms with Gasteiger partial charge in [0.25, 0.3) is 0 Å². The Hall–Kier alpha value is -1.89. The van der Waals surface area contributed by atoms with E-state index in [0.29, 0.717) is 5.69 Å². The molecule has 0 unspecified atom stereocenters. The molecule has 1 amide bonds. The van der Waals surface area contributed by atoms with Crippen LogP contribution >= 0.6 is 0 Å². The normalized spacial score (nSPS) is 11.0. The van der Waals surface area contributed by atoms with Gasteiger partial charge in [-0.1, -0.05) is 0 Å². The number of nitrogens with one attached hydrogen (secondary N) is 1. The van der Waals surface area contributed by atoms with Crippen molar-refractivity contribution in [3.63, 3.8) is 0 Å². The molecule has 1 rings (SSSR count). The number of anilines is 1. The summed E-state index contributed by atoms with van der Waals surface area (Å²) in [6, 6.07) is 5.79. The third-order valence-corrected chi connectivity index (χ3v) is 3.49. The molecule has 1 aromatic carbocycles. The van der Waals surface area contributed by atoms with E-state index in [-0.39, 0.29) is 30.1 Å². The Morgan fingerprint density at radius 2 is 1.74 bits per heavy atom.